The summed E-state index contributed by atoms with van der Waals surface area (Å²) in [5.41, 5.74) is 1.25. The standard InChI is InChI=1S/C10H9ClN2S/c11-9-3-1-8(2-4-9)7-14-10-12-5-6-13-10/h1-6H,7H2,(H,12,13). The number of rotatable bonds is 3. The lowest BCUT2D eigenvalue weighted by atomic mass is 10.2. The number of imidazole rings is 1. The molecule has 1 aromatic carbocycles. The summed E-state index contributed by atoms with van der Waals surface area (Å²) in [6.07, 6.45) is 3.58. The molecule has 0 fully saturated rings. The highest BCUT2D eigenvalue weighted by Gasteiger charge is 1.97. The van der Waals surface area contributed by atoms with Crippen molar-refractivity contribution in [2.45, 2.75) is 10.9 Å². The van der Waals surface area contributed by atoms with Gasteiger partial charge in [-0.15, -0.1) is 0 Å². The Morgan fingerprint density at radius 2 is 2.07 bits per heavy atom. The molecule has 2 nitrogen and oxygen atoms in total. The van der Waals surface area contributed by atoms with Gasteiger partial charge in [-0.05, 0) is 17.7 Å². The molecule has 0 unspecified atom stereocenters. The topological polar surface area (TPSA) is 28.7 Å². The predicted octanol–water partition coefficient (Wildman–Crippen LogP) is 3.36. The molecule has 1 N–H and O–H groups in total. The van der Waals surface area contributed by atoms with Gasteiger partial charge in [0.05, 0.1) is 0 Å². The average Bonchev–Trinajstić information content (AvgIpc) is 2.70. The van der Waals surface area contributed by atoms with Gasteiger partial charge in [0.25, 0.3) is 0 Å². The number of aromatic nitrogens is 2. The molecule has 72 valence electrons. The van der Waals surface area contributed by atoms with E-state index in [-0.39, 0.29) is 0 Å². The second-order valence-electron chi connectivity index (χ2n) is 2.81. The third-order valence-corrected chi connectivity index (χ3v) is 2.99. The van der Waals surface area contributed by atoms with Gasteiger partial charge < -0.3 is 4.98 Å². The molecule has 0 amide bonds. The van der Waals surface area contributed by atoms with Crippen molar-refractivity contribution in [3.63, 3.8) is 0 Å². The van der Waals surface area contributed by atoms with Crippen LogP contribution in [0, 0.1) is 0 Å². The minimum Gasteiger partial charge on any atom is -0.340 e. The van der Waals surface area contributed by atoms with Crippen molar-refractivity contribution in [3.8, 4) is 0 Å². The van der Waals surface area contributed by atoms with Crippen molar-refractivity contribution in [2.24, 2.45) is 0 Å². The lowest BCUT2D eigenvalue weighted by Gasteiger charge is -1.98. The molecule has 0 aliphatic rings. The van der Waals surface area contributed by atoms with Crippen molar-refractivity contribution in [1.29, 1.82) is 0 Å². The molecule has 0 aliphatic carbocycles. The number of nitrogens with one attached hydrogen (secondary N) is 1. The molecule has 1 aromatic heterocycles. The molecule has 2 rings (SSSR count). The Balaban J connectivity index is 1.95. The minimum atomic E-state index is 0.775. The van der Waals surface area contributed by atoms with E-state index in [1.165, 1.54) is 5.56 Å². The molecule has 2 aromatic rings. The molecular weight excluding hydrogens is 216 g/mol. The maximum atomic E-state index is 5.79. The zero-order chi connectivity index (χ0) is 9.80. The van der Waals surface area contributed by atoms with E-state index >= 15 is 0 Å². The van der Waals surface area contributed by atoms with Crippen LogP contribution in [0.3, 0.4) is 0 Å². The highest BCUT2D eigenvalue weighted by Crippen LogP contribution is 2.19. The first kappa shape index (κ1) is 9.62. The Morgan fingerprint density at radius 1 is 1.29 bits per heavy atom. The summed E-state index contributed by atoms with van der Waals surface area (Å²) in [6.45, 7) is 0. The van der Waals surface area contributed by atoms with Crippen LogP contribution in [-0.2, 0) is 5.75 Å². The SMILES string of the molecule is Clc1ccc(CSc2ncc[nH]2)cc1. The largest absolute Gasteiger partial charge is 0.340 e. The summed E-state index contributed by atoms with van der Waals surface area (Å²) >= 11 is 7.46. The first-order valence-corrected chi connectivity index (χ1v) is 5.57. The molecular formula is C10H9ClN2S. The van der Waals surface area contributed by atoms with Crippen LogP contribution in [0.2, 0.25) is 5.02 Å². The third-order valence-electron chi connectivity index (χ3n) is 1.76. The van der Waals surface area contributed by atoms with Crippen molar-refractivity contribution in [3.05, 3.63) is 47.2 Å². The van der Waals surface area contributed by atoms with Crippen molar-refractivity contribution in [1.82, 2.24) is 9.97 Å². The lowest BCUT2D eigenvalue weighted by Crippen LogP contribution is -1.80. The second kappa shape index (κ2) is 4.53. The molecule has 4 heteroatoms. The van der Waals surface area contributed by atoms with E-state index in [4.69, 9.17) is 11.6 Å². The van der Waals surface area contributed by atoms with Crippen molar-refractivity contribution in [2.75, 3.05) is 0 Å². The number of thioether (sulfide) groups is 1. The Kier molecular flexibility index (Phi) is 3.11. The first-order chi connectivity index (χ1) is 6.84. The molecule has 0 saturated carbocycles. The minimum absolute atomic E-state index is 0.775. The monoisotopic (exact) mass is 224 g/mol. The molecule has 0 spiro atoms. The van der Waals surface area contributed by atoms with Crippen molar-refractivity contribution >= 4 is 23.4 Å². The fourth-order valence-electron chi connectivity index (χ4n) is 1.06. The van der Waals surface area contributed by atoms with Crippen LogP contribution in [0.25, 0.3) is 0 Å². The summed E-state index contributed by atoms with van der Waals surface area (Å²) in [5.74, 6) is 0.907. The van der Waals surface area contributed by atoms with Crippen LogP contribution in [-0.4, -0.2) is 9.97 Å². The third kappa shape index (κ3) is 2.53. The number of halogens is 1. The normalized spacial score (nSPS) is 10.4. The van der Waals surface area contributed by atoms with Gasteiger partial charge in [0, 0.05) is 23.2 Å². The van der Waals surface area contributed by atoms with Gasteiger partial charge in [0.15, 0.2) is 5.16 Å². The molecule has 0 radical (unpaired) electrons. The number of benzene rings is 1. The molecule has 0 aliphatic heterocycles. The number of hydrogen-bond acceptors (Lipinski definition) is 2. The van der Waals surface area contributed by atoms with Gasteiger partial charge >= 0.3 is 0 Å². The first-order valence-electron chi connectivity index (χ1n) is 4.21. The fourth-order valence-corrected chi connectivity index (χ4v) is 1.97. The lowest BCUT2D eigenvalue weighted by molar-refractivity contribution is 1.06. The summed E-state index contributed by atoms with van der Waals surface area (Å²) in [4.78, 5) is 7.17. The fraction of sp³-hybridized carbons (Fsp3) is 0.100. The summed E-state index contributed by atoms with van der Waals surface area (Å²) in [6, 6.07) is 7.86. The van der Waals surface area contributed by atoms with E-state index in [0.29, 0.717) is 0 Å². The molecule has 0 saturated heterocycles. The van der Waals surface area contributed by atoms with Gasteiger partial charge in [-0.3, -0.25) is 0 Å². The van der Waals surface area contributed by atoms with E-state index in [2.05, 4.69) is 9.97 Å². The van der Waals surface area contributed by atoms with Gasteiger partial charge in [-0.1, -0.05) is 35.5 Å². The molecule has 1 heterocycles. The van der Waals surface area contributed by atoms with Crippen LogP contribution in [0.5, 0.6) is 0 Å². The Hall–Kier alpha value is -0.930. The molecule has 0 atom stereocenters. The van der Waals surface area contributed by atoms with Gasteiger partial charge in [0.1, 0.15) is 0 Å². The summed E-state index contributed by atoms with van der Waals surface area (Å²) in [7, 11) is 0. The van der Waals surface area contributed by atoms with E-state index < -0.39 is 0 Å². The predicted molar refractivity (Wildman–Crippen MR) is 59.6 cm³/mol. The Labute approximate surface area is 91.7 Å². The van der Waals surface area contributed by atoms with Crippen LogP contribution in [0.4, 0.5) is 0 Å². The summed E-state index contributed by atoms with van der Waals surface area (Å²) in [5, 5.41) is 1.72. The molecule has 14 heavy (non-hydrogen) atoms. The quantitative estimate of drug-likeness (QED) is 0.810. The van der Waals surface area contributed by atoms with E-state index in [1.807, 2.05) is 30.5 Å². The number of H-pyrrole nitrogens is 1. The Bertz CT molecular complexity index is 383. The smallest absolute Gasteiger partial charge is 0.165 e. The zero-order valence-electron chi connectivity index (χ0n) is 7.40. The molecule has 0 bridgehead atoms. The maximum Gasteiger partial charge on any atom is 0.165 e. The maximum absolute atomic E-state index is 5.79. The van der Waals surface area contributed by atoms with E-state index in [0.717, 1.165) is 15.9 Å². The van der Waals surface area contributed by atoms with Crippen LogP contribution < -0.4 is 0 Å². The number of hydrogen-bond donors (Lipinski definition) is 1. The highest BCUT2D eigenvalue weighted by molar-refractivity contribution is 7.98. The zero-order valence-corrected chi connectivity index (χ0v) is 8.98. The van der Waals surface area contributed by atoms with Gasteiger partial charge in [-0.2, -0.15) is 0 Å². The Morgan fingerprint density at radius 3 is 2.71 bits per heavy atom. The number of aromatic amines is 1. The van der Waals surface area contributed by atoms with Crippen LogP contribution in [0.1, 0.15) is 5.56 Å². The second-order valence-corrected chi connectivity index (χ2v) is 4.21. The van der Waals surface area contributed by atoms with E-state index in [1.54, 1.807) is 18.0 Å². The highest BCUT2D eigenvalue weighted by atomic mass is 35.5. The van der Waals surface area contributed by atoms with Gasteiger partial charge in [0.2, 0.25) is 0 Å². The average molecular weight is 225 g/mol. The number of nitrogens with zero attached hydrogens (tertiary/aromatic N) is 1. The summed E-state index contributed by atoms with van der Waals surface area (Å²) < 4.78 is 0. The van der Waals surface area contributed by atoms with E-state index in [9.17, 15) is 0 Å². The van der Waals surface area contributed by atoms with Crippen LogP contribution in [0.15, 0.2) is 41.8 Å². The van der Waals surface area contributed by atoms with Gasteiger partial charge in [-0.25, -0.2) is 4.98 Å². The van der Waals surface area contributed by atoms with Crippen LogP contribution >= 0.6 is 23.4 Å². The van der Waals surface area contributed by atoms with Crippen molar-refractivity contribution < 1.29 is 0 Å².